The molecule has 7 heteroatoms. The maximum absolute atomic E-state index is 12.8. The Morgan fingerprint density at radius 2 is 1.68 bits per heavy atom. The molecule has 0 atom stereocenters. The lowest BCUT2D eigenvalue weighted by atomic mass is 10.1. The number of hydrogen-bond donors (Lipinski definition) is 1. The van der Waals surface area contributed by atoms with Gasteiger partial charge in [-0.05, 0) is 24.3 Å². The number of carbonyl (C=O) groups is 1. The Balaban J connectivity index is 1.50. The number of methoxy groups -OCH3 is 1. The third-order valence-corrected chi connectivity index (χ3v) is 4.82. The number of anilines is 2. The molecule has 7 nitrogen and oxygen atoms in total. The fraction of sp³-hybridized carbons (Fsp3) is 0.381. The molecule has 148 valence electrons. The number of rotatable bonds is 4. The van der Waals surface area contributed by atoms with Crippen LogP contribution in [-0.4, -0.2) is 52.5 Å². The molecule has 0 aliphatic carbocycles. The van der Waals surface area contributed by atoms with Gasteiger partial charge in [0.05, 0.1) is 39.1 Å². The van der Waals surface area contributed by atoms with Crippen LogP contribution in [0.1, 0.15) is 16.8 Å². The van der Waals surface area contributed by atoms with Gasteiger partial charge in [-0.2, -0.15) is 0 Å². The molecule has 0 saturated carbocycles. The zero-order chi connectivity index (χ0) is 19.3. The van der Waals surface area contributed by atoms with Crippen molar-refractivity contribution in [2.75, 3.05) is 56.8 Å². The minimum atomic E-state index is -0.258. The molecular weight excluding hydrogens is 360 g/mol. The molecule has 1 fully saturated rings. The topological polar surface area (TPSA) is 69.3 Å². The molecule has 28 heavy (non-hydrogen) atoms. The van der Waals surface area contributed by atoms with Gasteiger partial charge in [0, 0.05) is 43.0 Å². The summed E-state index contributed by atoms with van der Waals surface area (Å²) in [6, 6.07) is 11.2. The molecule has 2 aromatic rings. The fourth-order valence-electron chi connectivity index (χ4n) is 3.31. The van der Waals surface area contributed by atoms with Gasteiger partial charge in [-0.15, -0.1) is 0 Å². The molecule has 2 aliphatic rings. The third-order valence-electron chi connectivity index (χ3n) is 4.82. The van der Waals surface area contributed by atoms with Crippen LogP contribution in [0.3, 0.4) is 0 Å². The predicted octanol–water partition coefficient (Wildman–Crippen LogP) is 2.95. The first-order valence-corrected chi connectivity index (χ1v) is 9.46. The van der Waals surface area contributed by atoms with Crippen LogP contribution in [0.4, 0.5) is 11.4 Å². The van der Waals surface area contributed by atoms with Crippen LogP contribution in [-0.2, 0) is 4.74 Å². The molecule has 0 bridgehead atoms. The van der Waals surface area contributed by atoms with Gasteiger partial charge in [0.15, 0.2) is 11.5 Å². The summed E-state index contributed by atoms with van der Waals surface area (Å²) < 4.78 is 22.1. The summed E-state index contributed by atoms with van der Waals surface area (Å²) in [7, 11) is 1.53. The highest BCUT2D eigenvalue weighted by atomic mass is 16.5. The third kappa shape index (κ3) is 3.99. The Hall–Kier alpha value is -2.93. The highest BCUT2D eigenvalue weighted by molar-refractivity contribution is 6.06. The van der Waals surface area contributed by atoms with Crippen molar-refractivity contribution in [3.8, 4) is 17.2 Å². The maximum Gasteiger partial charge on any atom is 0.259 e. The molecule has 2 heterocycles. The summed E-state index contributed by atoms with van der Waals surface area (Å²) in [4.78, 5) is 15.1. The van der Waals surface area contributed by atoms with Crippen LogP contribution in [0.25, 0.3) is 0 Å². The number of nitrogens with zero attached hydrogens (tertiary/aromatic N) is 1. The first-order chi connectivity index (χ1) is 13.7. The Morgan fingerprint density at radius 1 is 1.00 bits per heavy atom. The van der Waals surface area contributed by atoms with E-state index in [4.69, 9.17) is 18.9 Å². The van der Waals surface area contributed by atoms with E-state index in [-0.39, 0.29) is 5.91 Å². The van der Waals surface area contributed by atoms with Crippen LogP contribution in [0.2, 0.25) is 0 Å². The quantitative estimate of drug-likeness (QED) is 0.874. The highest BCUT2D eigenvalue weighted by Gasteiger charge is 2.20. The van der Waals surface area contributed by atoms with Gasteiger partial charge in [-0.3, -0.25) is 4.79 Å². The maximum atomic E-state index is 12.8. The number of amides is 1. The molecule has 1 saturated heterocycles. The van der Waals surface area contributed by atoms with Gasteiger partial charge in [0.1, 0.15) is 5.75 Å². The average molecular weight is 384 g/mol. The number of hydrogen-bond acceptors (Lipinski definition) is 6. The Morgan fingerprint density at radius 3 is 2.36 bits per heavy atom. The van der Waals surface area contributed by atoms with Crippen molar-refractivity contribution < 1.29 is 23.7 Å². The van der Waals surface area contributed by atoms with Crippen molar-refractivity contribution in [2.24, 2.45) is 0 Å². The largest absolute Gasteiger partial charge is 0.496 e. The lowest BCUT2D eigenvalue weighted by Crippen LogP contribution is -2.36. The standard InChI is InChI=1S/C21H24N2O5/c1-25-18-14-20-19(27-9-2-10-28-20)13-17(18)21(24)22-15-3-5-16(6-4-15)23-7-11-26-12-8-23/h3-6,13-14H,2,7-12H2,1H3,(H,22,24). The van der Waals surface area contributed by atoms with E-state index in [2.05, 4.69) is 10.2 Å². The van der Waals surface area contributed by atoms with Crippen molar-refractivity contribution in [3.05, 3.63) is 42.0 Å². The van der Waals surface area contributed by atoms with Crippen molar-refractivity contribution in [2.45, 2.75) is 6.42 Å². The van der Waals surface area contributed by atoms with Gasteiger partial charge in [-0.1, -0.05) is 0 Å². The first-order valence-electron chi connectivity index (χ1n) is 9.46. The number of fused-ring (bicyclic) bond motifs is 1. The van der Waals surface area contributed by atoms with E-state index in [1.165, 1.54) is 7.11 Å². The number of ether oxygens (including phenoxy) is 4. The summed E-state index contributed by atoms with van der Waals surface area (Å²) >= 11 is 0. The van der Waals surface area contributed by atoms with E-state index in [9.17, 15) is 4.79 Å². The van der Waals surface area contributed by atoms with Crippen molar-refractivity contribution in [1.82, 2.24) is 0 Å². The van der Waals surface area contributed by atoms with E-state index >= 15 is 0 Å². The molecule has 2 aliphatic heterocycles. The monoisotopic (exact) mass is 384 g/mol. The number of morpholine rings is 1. The number of nitrogens with one attached hydrogen (secondary N) is 1. The van der Waals surface area contributed by atoms with E-state index in [1.807, 2.05) is 24.3 Å². The molecule has 0 aromatic heterocycles. The molecule has 0 spiro atoms. The molecule has 2 aromatic carbocycles. The molecule has 4 rings (SSSR count). The Kier molecular flexibility index (Phi) is 5.53. The summed E-state index contributed by atoms with van der Waals surface area (Å²) in [5.74, 6) is 1.35. The molecule has 1 N–H and O–H groups in total. The van der Waals surface area contributed by atoms with Gasteiger partial charge < -0.3 is 29.2 Å². The van der Waals surface area contributed by atoms with E-state index in [1.54, 1.807) is 12.1 Å². The minimum Gasteiger partial charge on any atom is -0.496 e. The van der Waals surface area contributed by atoms with Gasteiger partial charge in [0.2, 0.25) is 0 Å². The Labute approximate surface area is 164 Å². The summed E-state index contributed by atoms with van der Waals surface area (Å²) in [5, 5.41) is 2.93. The fourth-order valence-corrected chi connectivity index (χ4v) is 3.31. The summed E-state index contributed by atoms with van der Waals surface area (Å²) in [6.07, 6.45) is 0.800. The normalized spacial score (nSPS) is 16.2. The molecule has 1 amide bonds. The van der Waals surface area contributed by atoms with Gasteiger partial charge in [0.25, 0.3) is 5.91 Å². The number of carbonyl (C=O) groups excluding carboxylic acids is 1. The average Bonchev–Trinajstić information content (AvgIpc) is 2.98. The summed E-state index contributed by atoms with van der Waals surface area (Å²) in [6.45, 7) is 4.37. The van der Waals surface area contributed by atoms with E-state index < -0.39 is 0 Å². The SMILES string of the molecule is COc1cc2c(cc1C(=O)Nc1ccc(N3CCOCC3)cc1)OCCCO2. The lowest BCUT2D eigenvalue weighted by molar-refractivity contribution is 0.102. The molecular formula is C21H24N2O5. The smallest absolute Gasteiger partial charge is 0.259 e. The van der Waals surface area contributed by atoms with Gasteiger partial charge in [-0.25, -0.2) is 0 Å². The van der Waals surface area contributed by atoms with Crippen LogP contribution in [0.15, 0.2) is 36.4 Å². The minimum absolute atomic E-state index is 0.258. The van der Waals surface area contributed by atoms with Crippen LogP contribution < -0.4 is 24.4 Å². The second-order valence-electron chi connectivity index (χ2n) is 6.65. The van der Waals surface area contributed by atoms with E-state index in [0.29, 0.717) is 36.0 Å². The second-order valence-corrected chi connectivity index (χ2v) is 6.65. The molecule has 0 radical (unpaired) electrons. The zero-order valence-electron chi connectivity index (χ0n) is 15.9. The molecule has 0 unspecified atom stereocenters. The second kappa shape index (κ2) is 8.39. The first kappa shape index (κ1) is 18.4. The summed E-state index contributed by atoms with van der Waals surface area (Å²) in [5.41, 5.74) is 2.25. The predicted molar refractivity (Wildman–Crippen MR) is 106 cm³/mol. The van der Waals surface area contributed by atoms with Crippen molar-refractivity contribution >= 4 is 17.3 Å². The lowest BCUT2D eigenvalue weighted by Gasteiger charge is -2.28. The number of benzene rings is 2. The van der Waals surface area contributed by atoms with Crippen LogP contribution >= 0.6 is 0 Å². The Bertz CT molecular complexity index is 831. The van der Waals surface area contributed by atoms with Crippen molar-refractivity contribution in [3.63, 3.8) is 0 Å². The van der Waals surface area contributed by atoms with Crippen LogP contribution in [0, 0.1) is 0 Å². The van der Waals surface area contributed by atoms with Crippen LogP contribution in [0.5, 0.6) is 17.2 Å². The zero-order valence-corrected chi connectivity index (χ0v) is 15.9. The van der Waals surface area contributed by atoms with E-state index in [0.717, 1.165) is 44.1 Å². The van der Waals surface area contributed by atoms with Gasteiger partial charge >= 0.3 is 0 Å². The van der Waals surface area contributed by atoms with Crippen molar-refractivity contribution in [1.29, 1.82) is 0 Å². The highest BCUT2D eigenvalue weighted by Crippen LogP contribution is 2.36.